The van der Waals surface area contributed by atoms with E-state index in [4.69, 9.17) is 5.11 Å². The zero-order valence-corrected chi connectivity index (χ0v) is 11.8. The van der Waals surface area contributed by atoms with E-state index >= 15 is 0 Å². The molecule has 110 valence electrons. The third-order valence-electron chi connectivity index (χ3n) is 2.98. The van der Waals surface area contributed by atoms with Gasteiger partial charge in [-0.15, -0.1) is 0 Å². The molecule has 2 rings (SSSR count). The lowest BCUT2D eigenvalue weighted by atomic mass is 10.2. The lowest BCUT2D eigenvalue weighted by molar-refractivity contribution is 0.0694. The highest BCUT2D eigenvalue weighted by molar-refractivity contribution is 5.94. The largest absolute Gasteiger partial charge is 0.478 e. The Bertz CT molecular complexity index is 679. The number of pyridine rings is 1. The van der Waals surface area contributed by atoms with Crippen LogP contribution in [-0.4, -0.2) is 38.3 Å². The maximum absolute atomic E-state index is 11.9. The number of carboxylic acid groups (broad SMARTS) is 1. The van der Waals surface area contributed by atoms with E-state index in [1.807, 2.05) is 19.3 Å². The molecule has 0 saturated heterocycles. The summed E-state index contributed by atoms with van der Waals surface area (Å²) >= 11 is 0. The maximum atomic E-state index is 11.9. The van der Waals surface area contributed by atoms with Gasteiger partial charge in [-0.2, -0.15) is 5.10 Å². The van der Waals surface area contributed by atoms with Gasteiger partial charge in [0.25, 0.3) is 5.91 Å². The van der Waals surface area contributed by atoms with Gasteiger partial charge < -0.3 is 10.4 Å². The molecule has 0 spiro atoms. The quantitative estimate of drug-likeness (QED) is 0.848. The summed E-state index contributed by atoms with van der Waals surface area (Å²) in [5.74, 6) is -1.38. The van der Waals surface area contributed by atoms with E-state index in [-0.39, 0.29) is 17.2 Å². The highest BCUT2D eigenvalue weighted by Gasteiger charge is 2.12. The summed E-state index contributed by atoms with van der Waals surface area (Å²) in [6, 6.07) is 4.68. The first-order chi connectivity index (χ1) is 9.97. The minimum atomic E-state index is -1.05. The molecule has 2 aromatic rings. The number of hydrogen-bond acceptors (Lipinski definition) is 4. The first-order valence-electron chi connectivity index (χ1n) is 6.45. The van der Waals surface area contributed by atoms with Gasteiger partial charge in [0.1, 0.15) is 5.69 Å². The van der Waals surface area contributed by atoms with Gasteiger partial charge in [0.15, 0.2) is 0 Å². The van der Waals surface area contributed by atoms with Crippen molar-refractivity contribution < 1.29 is 14.7 Å². The van der Waals surface area contributed by atoms with Crippen LogP contribution < -0.4 is 5.32 Å². The fourth-order valence-electron chi connectivity index (χ4n) is 1.90. The molecule has 2 heterocycles. The maximum Gasteiger partial charge on any atom is 0.337 e. The van der Waals surface area contributed by atoms with Crippen molar-refractivity contribution >= 4 is 11.9 Å². The summed E-state index contributed by atoms with van der Waals surface area (Å²) in [6.45, 7) is 2.01. The molecule has 1 amide bonds. The number of aromatic nitrogens is 3. The summed E-state index contributed by atoms with van der Waals surface area (Å²) < 4.78 is 1.70. The third-order valence-corrected chi connectivity index (χ3v) is 2.98. The topological polar surface area (TPSA) is 97.1 Å². The summed E-state index contributed by atoms with van der Waals surface area (Å²) in [4.78, 5) is 26.8. The van der Waals surface area contributed by atoms with Crippen molar-refractivity contribution in [2.75, 3.05) is 6.54 Å². The van der Waals surface area contributed by atoms with Crippen LogP contribution >= 0.6 is 0 Å². The molecule has 0 aliphatic carbocycles. The first-order valence-corrected chi connectivity index (χ1v) is 6.45. The molecule has 21 heavy (non-hydrogen) atoms. The monoisotopic (exact) mass is 288 g/mol. The van der Waals surface area contributed by atoms with Crippen molar-refractivity contribution in [2.24, 2.45) is 7.05 Å². The molecule has 0 bridgehead atoms. The Kier molecular flexibility index (Phi) is 4.32. The van der Waals surface area contributed by atoms with Crippen molar-refractivity contribution in [3.8, 4) is 0 Å². The van der Waals surface area contributed by atoms with E-state index in [9.17, 15) is 9.59 Å². The van der Waals surface area contributed by atoms with E-state index in [1.54, 1.807) is 11.6 Å². The molecule has 0 aliphatic rings. The van der Waals surface area contributed by atoms with Gasteiger partial charge in [-0.3, -0.25) is 9.48 Å². The fourth-order valence-corrected chi connectivity index (χ4v) is 1.90. The van der Waals surface area contributed by atoms with Gasteiger partial charge in [-0.05, 0) is 25.1 Å². The summed E-state index contributed by atoms with van der Waals surface area (Å²) in [7, 11) is 1.83. The molecule has 0 aliphatic heterocycles. The molecule has 7 heteroatoms. The van der Waals surface area contributed by atoms with Crippen LogP contribution in [0, 0.1) is 6.92 Å². The van der Waals surface area contributed by atoms with Gasteiger partial charge in [-0.1, -0.05) is 0 Å². The highest BCUT2D eigenvalue weighted by atomic mass is 16.4. The molecule has 2 N–H and O–H groups in total. The molecular formula is C14H16N4O3. The number of amides is 1. The molecule has 2 aromatic heterocycles. The Morgan fingerprint density at radius 2 is 2.10 bits per heavy atom. The Balaban J connectivity index is 1.94. The van der Waals surface area contributed by atoms with Crippen LogP contribution in [0.1, 0.15) is 32.2 Å². The molecule has 0 radical (unpaired) electrons. The second-order valence-corrected chi connectivity index (χ2v) is 4.62. The van der Waals surface area contributed by atoms with E-state index in [1.165, 1.54) is 12.1 Å². The Labute approximate surface area is 121 Å². The zero-order chi connectivity index (χ0) is 15.4. The molecule has 0 unspecified atom stereocenters. The number of hydrogen-bond donors (Lipinski definition) is 2. The van der Waals surface area contributed by atoms with Gasteiger partial charge in [0, 0.05) is 26.2 Å². The van der Waals surface area contributed by atoms with Crippen LogP contribution in [0.15, 0.2) is 24.4 Å². The Morgan fingerprint density at radius 3 is 2.67 bits per heavy atom. The van der Waals surface area contributed by atoms with E-state index in [0.717, 1.165) is 5.69 Å². The van der Waals surface area contributed by atoms with E-state index in [0.29, 0.717) is 18.7 Å². The van der Waals surface area contributed by atoms with Crippen molar-refractivity contribution in [3.05, 3.63) is 47.0 Å². The number of aryl methyl sites for hydroxylation is 2. The summed E-state index contributed by atoms with van der Waals surface area (Å²) in [5, 5.41) is 15.9. The average molecular weight is 288 g/mol. The third kappa shape index (κ3) is 3.65. The standard InChI is InChI=1S/C14H16N4O3/c1-9-11(14(20)21)3-4-12(16-9)13(19)15-7-5-10-6-8-18(2)17-10/h3-4,6,8H,5,7H2,1-2H3,(H,15,19)(H,20,21). The zero-order valence-electron chi connectivity index (χ0n) is 11.8. The van der Waals surface area contributed by atoms with E-state index < -0.39 is 5.97 Å². The van der Waals surface area contributed by atoms with Crippen LogP contribution in [0.25, 0.3) is 0 Å². The molecule has 0 fully saturated rings. The Morgan fingerprint density at radius 1 is 1.33 bits per heavy atom. The van der Waals surface area contributed by atoms with Crippen molar-refractivity contribution in [2.45, 2.75) is 13.3 Å². The Hall–Kier alpha value is -2.70. The van der Waals surface area contributed by atoms with Gasteiger partial charge >= 0.3 is 5.97 Å². The molecule has 0 saturated carbocycles. The van der Waals surface area contributed by atoms with Crippen LogP contribution in [0.5, 0.6) is 0 Å². The smallest absolute Gasteiger partial charge is 0.337 e. The number of carboxylic acids is 1. The second kappa shape index (κ2) is 6.17. The second-order valence-electron chi connectivity index (χ2n) is 4.62. The summed E-state index contributed by atoms with van der Waals surface area (Å²) in [5.41, 5.74) is 1.52. The number of nitrogens with zero attached hydrogens (tertiary/aromatic N) is 3. The van der Waals surface area contributed by atoms with Crippen LogP contribution in [-0.2, 0) is 13.5 Å². The van der Waals surface area contributed by atoms with Crippen molar-refractivity contribution in [3.63, 3.8) is 0 Å². The minimum absolute atomic E-state index is 0.0973. The van der Waals surface area contributed by atoms with E-state index in [2.05, 4.69) is 15.4 Å². The predicted molar refractivity (Wildman–Crippen MR) is 75.2 cm³/mol. The molecule has 0 aromatic carbocycles. The predicted octanol–water partition coefficient (Wildman–Crippen LogP) is 0.794. The first kappa shape index (κ1) is 14.7. The number of nitrogens with one attached hydrogen (secondary N) is 1. The number of carbonyl (C=O) groups is 2. The number of aromatic carboxylic acids is 1. The number of rotatable bonds is 5. The van der Waals surface area contributed by atoms with Crippen molar-refractivity contribution in [1.82, 2.24) is 20.1 Å². The molecule has 7 nitrogen and oxygen atoms in total. The van der Waals surface area contributed by atoms with Crippen LogP contribution in [0.3, 0.4) is 0 Å². The highest BCUT2D eigenvalue weighted by Crippen LogP contribution is 2.07. The van der Waals surface area contributed by atoms with Gasteiger partial charge in [0.2, 0.25) is 0 Å². The fraction of sp³-hybridized carbons (Fsp3) is 0.286. The molecule has 0 atom stereocenters. The SMILES string of the molecule is Cc1nc(C(=O)NCCc2ccn(C)n2)ccc1C(=O)O. The van der Waals surface area contributed by atoms with Gasteiger partial charge in [0.05, 0.1) is 17.0 Å². The average Bonchev–Trinajstić information content (AvgIpc) is 2.83. The van der Waals surface area contributed by atoms with Crippen LogP contribution in [0.2, 0.25) is 0 Å². The summed E-state index contributed by atoms with van der Waals surface area (Å²) in [6.07, 6.45) is 2.46. The number of carbonyl (C=O) groups excluding carboxylic acids is 1. The normalized spacial score (nSPS) is 10.4. The lowest BCUT2D eigenvalue weighted by Gasteiger charge is -2.06. The van der Waals surface area contributed by atoms with Crippen molar-refractivity contribution in [1.29, 1.82) is 0 Å². The minimum Gasteiger partial charge on any atom is -0.478 e. The van der Waals surface area contributed by atoms with Crippen LogP contribution in [0.4, 0.5) is 0 Å². The lowest BCUT2D eigenvalue weighted by Crippen LogP contribution is -2.27. The molecular weight excluding hydrogens is 272 g/mol. The van der Waals surface area contributed by atoms with Gasteiger partial charge in [-0.25, -0.2) is 9.78 Å².